The highest BCUT2D eigenvalue weighted by atomic mass is 15.2. The van der Waals surface area contributed by atoms with Gasteiger partial charge < -0.3 is 15.1 Å². The maximum Gasteiger partial charge on any atom is 0.0399 e. The van der Waals surface area contributed by atoms with Gasteiger partial charge in [0.2, 0.25) is 0 Å². The largest absolute Gasteiger partial charge is 0.370 e. The molecule has 1 heterocycles. The van der Waals surface area contributed by atoms with Crippen LogP contribution in [0, 0.1) is 0 Å². The van der Waals surface area contributed by atoms with Crippen molar-refractivity contribution >= 4 is 5.69 Å². The monoisotopic (exact) mass is 261 g/mol. The van der Waals surface area contributed by atoms with Gasteiger partial charge in [0.05, 0.1) is 0 Å². The van der Waals surface area contributed by atoms with E-state index in [2.05, 4.69) is 53.2 Å². The molecule has 1 aliphatic rings. The first-order valence-electron chi connectivity index (χ1n) is 7.61. The van der Waals surface area contributed by atoms with Crippen molar-refractivity contribution in [2.75, 3.05) is 50.7 Å². The zero-order valence-corrected chi connectivity index (χ0v) is 12.4. The van der Waals surface area contributed by atoms with Crippen LogP contribution in [0.3, 0.4) is 0 Å². The highest BCUT2D eigenvalue weighted by molar-refractivity contribution is 5.57. The third-order valence-corrected chi connectivity index (χ3v) is 4.04. The predicted molar refractivity (Wildman–Crippen MR) is 83.0 cm³/mol. The minimum Gasteiger partial charge on any atom is -0.370 e. The lowest BCUT2D eigenvalue weighted by Crippen LogP contribution is -2.36. The van der Waals surface area contributed by atoms with E-state index < -0.39 is 0 Å². The van der Waals surface area contributed by atoms with Gasteiger partial charge in [0.1, 0.15) is 0 Å². The number of benzene rings is 1. The molecule has 0 spiro atoms. The van der Waals surface area contributed by atoms with E-state index in [-0.39, 0.29) is 0 Å². The summed E-state index contributed by atoms with van der Waals surface area (Å²) in [6.45, 7) is 12.4. The quantitative estimate of drug-likeness (QED) is 0.722. The van der Waals surface area contributed by atoms with E-state index in [0.717, 1.165) is 39.3 Å². The van der Waals surface area contributed by atoms with Gasteiger partial charge in [0, 0.05) is 38.4 Å². The van der Waals surface area contributed by atoms with Crippen molar-refractivity contribution in [3.8, 4) is 0 Å². The Bertz CT molecular complexity index is 374. The molecule has 1 aromatic rings. The lowest BCUT2D eigenvalue weighted by Gasteiger charge is -2.21. The molecule has 0 fully saturated rings. The standard InChI is InChI=1S/C16H27N3/c1-3-18(4-2)13-10-17-11-14-19-12-9-15-7-5-6-8-16(15)19/h5-8,17H,3-4,9-14H2,1-2H3. The number of nitrogens with zero attached hydrogens (tertiary/aromatic N) is 2. The number of fused-ring (bicyclic) bond motifs is 1. The number of para-hydroxylation sites is 1. The molecule has 1 aliphatic heterocycles. The van der Waals surface area contributed by atoms with E-state index in [9.17, 15) is 0 Å². The van der Waals surface area contributed by atoms with Gasteiger partial charge >= 0.3 is 0 Å². The molecule has 0 bridgehead atoms. The first-order valence-corrected chi connectivity index (χ1v) is 7.61. The molecule has 0 atom stereocenters. The van der Waals surface area contributed by atoms with Gasteiger partial charge in [-0.25, -0.2) is 0 Å². The second-order valence-electron chi connectivity index (χ2n) is 5.14. The van der Waals surface area contributed by atoms with E-state index in [1.165, 1.54) is 24.2 Å². The molecule has 2 rings (SSSR count). The Morgan fingerprint density at radius 1 is 1.16 bits per heavy atom. The number of nitrogens with one attached hydrogen (secondary N) is 1. The number of rotatable bonds is 8. The van der Waals surface area contributed by atoms with Crippen molar-refractivity contribution < 1.29 is 0 Å². The molecule has 0 radical (unpaired) electrons. The lowest BCUT2D eigenvalue weighted by molar-refractivity contribution is 0.303. The second-order valence-corrected chi connectivity index (χ2v) is 5.14. The van der Waals surface area contributed by atoms with Gasteiger partial charge in [0.15, 0.2) is 0 Å². The summed E-state index contributed by atoms with van der Waals surface area (Å²) in [7, 11) is 0. The molecule has 106 valence electrons. The molecule has 3 heteroatoms. The van der Waals surface area contributed by atoms with Crippen LogP contribution in [0.25, 0.3) is 0 Å². The summed E-state index contributed by atoms with van der Waals surface area (Å²) < 4.78 is 0. The van der Waals surface area contributed by atoms with Crippen LogP contribution in [0.5, 0.6) is 0 Å². The molecule has 0 unspecified atom stereocenters. The third kappa shape index (κ3) is 3.95. The van der Waals surface area contributed by atoms with Crippen LogP contribution < -0.4 is 10.2 Å². The number of hydrogen-bond acceptors (Lipinski definition) is 3. The number of hydrogen-bond donors (Lipinski definition) is 1. The van der Waals surface area contributed by atoms with Crippen molar-refractivity contribution in [2.45, 2.75) is 20.3 Å². The van der Waals surface area contributed by atoms with Crippen molar-refractivity contribution in [2.24, 2.45) is 0 Å². The molecule has 0 aromatic heterocycles. The molecule has 1 N–H and O–H groups in total. The minimum absolute atomic E-state index is 1.08. The Labute approximate surface area is 117 Å². The van der Waals surface area contributed by atoms with Gasteiger partial charge in [-0.1, -0.05) is 32.0 Å². The van der Waals surface area contributed by atoms with Gasteiger partial charge in [-0.05, 0) is 31.1 Å². The van der Waals surface area contributed by atoms with Gasteiger partial charge in [-0.2, -0.15) is 0 Å². The molecule has 0 amide bonds. The van der Waals surface area contributed by atoms with E-state index in [4.69, 9.17) is 0 Å². The van der Waals surface area contributed by atoms with Crippen molar-refractivity contribution in [1.82, 2.24) is 10.2 Å². The molecule has 3 nitrogen and oxygen atoms in total. The fourth-order valence-electron chi connectivity index (χ4n) is 2.75. The molecule has 1 aromatic carbocycles. The highest BCUT2D eigenvalue weighted by Gasteiger charge is 2.17. The van der Waals surface area contributed by atoms with Crippen LogP contribution in [-0.4, -0.2) is 50.7 Å². The first-order chi connectivity index (χ1) is 9.35. The fraction of sp³-hybridized carbons (Fsp3) is 0.625. The molecular weight excluding hydrogens is 234 g/mol. The number of likely N-dealkylation sites (N-methyl/N-ethyl adjacent to an activating group) is 1. The summed E-state index contributed by atoms with van der Waals surface area (Å²) in [6.07, 6.45) is 1.20. The topological polar surface area (TPSA) is 18.5 Å². The predicted octanol–water partition coefficient (Wildman–Crippen LogP) is 1.98. The van der Waals surface area contributed by atoms with Crippen molar-refractivity contribution in [1.29, 1.82) is 0 Å². The van der Waals surface area contributed by atoms with E-state index in [1.54, 1.807) is 0 Å². The van der Waals surface area contributed by atoms with Crippen molar-refractivity contribution in [3.05, 3.63) is 29.8 Å². The van der Waals surface area contributed by atoms with Crippen molar-refractivity contribution in [3.63, 3.8) is 0 Å². The summed E-state index contributed by atoms with van der Waals surface area (Å²) in [6, 6.07) is 8.79. The van der Waals surface area contributed by atoms with E-state index in [0.29, 0.717) is 0 Å². The lowest BCUT2D eigenvalue weighted by atomic mass is 10.2. The Kier molecular flexibility index (Phi) is 5.67. The SMILES string of the molecule is CCN(CC)CCNCCN1CCc2ccccc21. The van der Waals surface area contributed by atoms with Gasteiger partial charge in [-0.3, -0.25) is 0 Å². The average molecular weight is 261 g/mol. The minimum atomic E-state index is 1.08. The molecule has 0 saturated carbocycles. The Morgan fingerprint density at radius 3 is 2.74 bits per heavy atom. The molecule has 0 aliphatic carbocycles. The van der Waals surface area contributed by atoms with Crippen LogP contribution in [0.4, 0.5) is 5.69 Å². The van der Waals surface area contributed by atoms with E-state index >= 15 is 0 Å². The van der Waals surface area contributed by atoms with Gasteiger partial charge in [-0.15, -0.1) is 0 Å². The fourth-order valence-corrected chi connectivity index (χ4v) is 2.75. The molecule has 19 heavy (non-hydrogen) atoms. The van der Waals surface area contributed by atoms with Crippen LogP contribution in [0.1, 0.15) is 19.4 Å². The van der Waals surface area contributed by atoms with Crippen LogP contribution in [0.15, 0.2) is 24.3 Å². The third-order valence-electron chi connectivity index (χ3n) is 4.04. The zero-order chi connectivity index (χ0) is 13.5. The smallest absolute Gasteiger partial charge is 0.0399 e. The highest BCUT2D eigenvalue weighted by Crippen LogP contribution is 2.26. The summed E-state index contributed by atoms with van der Waals surface area (Å²) in [5.41, 5.74) is 2.94. The van der Waals surface area contributed by atoms with Gasteiger partial charge in [0.25, 0.3) is 0 Å². The Morgan fingerprint density at radius 2 is 1.95 bits per heavy atom. The zero-order valence-electron chi connectivity index (χ0n) is 12.4. The maximum atomic E-state index is 3.56. The van der Waals surface area contributed by atoms with Crippen LogP contribution in [0.2, 0.25) is 0 Å². The molecule has 0 saturated heterocycles. The summed E-state index contributed by atoms with van der Waals surface area (Å²) in [5.74, 6) is 0. The summed E-state index contributed by atoms with van der Waals surface area (Å²) in [5, 5.41) is 3.56. The van der Waals surface area contributed by atoms with E-state index in [1.807, 2.05) is 0 Å². The molecular formula is C16H27N3. The Balaban J connectivity index is 1.65. The van der Waals surface area contributed by atoms with Crippen LogP contribution in [-0.2, 0) is 6.42 Å². The summed E-state index contributed by atoms with van der Waals surface area (Å²) in [4.78, 5) is 4.96. The normalized spacial score (nSPS) is 14.2. The number of anilines is 1. The summed E-state index contributed by atoms with van der Waals surface area (Å²) >= 11 is 0. The maximum absolute atomic E-state index is 3.56. The first kappa shape index (κ1) is 14.4. The van der Waals surface area contributed by atoms with Crippen LogP contribution >= 0.6 is 0 Å². The average Bonchev–Trinajstić information content (AvgIpc) is 2.86. The Hall–Kier alpha value is -1.06. The second kappa shape index (κ2) is 7.51.